The molecule has 14 heavy (non-hydrogen) atoms. The molecule has 1 heterocycles. The molecule has 1 fully saturated rings. The van der Waals surface area contributed by atoms with Crippen molar-refractivity contribution in [3.63, 3.8) is 0 Å². The maximum Gasteiger partial charge on any atom is 0.246 e. The first-order valence-electron chi connectivity index (χ1n) is 4.81. The van der Waals surface area contributed by atoms with Gasteiger partial charge in [-0.1, -0.05) is 36.4 Å². The van der Waals surface area contributed by atoms with Crippen LogP contribution in [0.1, 0.15) is 18.5 Å². The molecule has 0 unspecified atom stereocenters. The summed E-state index contributed by atoms with van der Waals surface area (Å²) in [6, 6.07) is 10.4. The van der Waals surface area contributed by atoms with Crippen molar-refractivity contribution in [2.24, 2.45) is 0 Å². The predicted molar refractivity (Wildman–Crippen MR) is 55.7 cm³/mol. The molecular weight excluding hydrogens is 174 g/mol. The number of carbonyl (C=O) groups is 1. The van der Waals surface area contributed by atoms with Gasteiger partial charge in [-0.05, 0) is 18.6 Å². The topological polar surface area (TPSA) is 20.1 Å². The molecule has 1 aromatic carbocycles. The molecule has 1 amide bonds. The molecule has 1 atom stereocenters. The monoisotopic (exact) mass is 187 g/mol. The van der Waals surface area contributed by atoms with E-state index in [1.165, 1.54) is 5.56 Å². The van der Waals surface area contributed by atoms with Crippen LogP contribution in [0.3, 0.4) is 0 Å². The van der Waals surface area contributed by atoms with Crippen molar-refractivity contribution in [3.05, 3.63) is 48.0 Å². The summed E-state index contributed by atoms with van der Waals surface area (Å²) < 4.78 is 0. The van der Waals surface area contributed by atoms with Gasteiger partial charge < -0.3 is 4.90 Å². The van der Waals surface area contributed by atoms with E-state index in [1.54, 1.807) is 12.2 Å². The number of hydrogen-bond acceptors (Lipinski definition) is 1. The number of amides is 1. The summed E-state index contributed by atoms with van der Waals surface area (Å²) in [5, 5.41) is 0. The van der Waals surface area contributed by atoms with Crippen LogP contribution in [0, 0.1) is 0 Å². The van der Waals surface area contributed by atoms with E-state index >= 15 is 0 Å². The summed E-state index contributed by atoms with van der Waals surface area (Å²) in [6.07, 6.45) is 3.39. The van der Waals surface area contributed by atoms with Crippen LogP contribution in [-0.2, 0) is 4.79 Å². The second-order valence-corrected chi connectivity index (χ2v) is 3.42. The average molecular weight is 187 g/mol. The highest BCUT2D eigenvalue weighted by atomic mass is 16.2. The number of rotatable bonds is 2. The van der Waals surface area contributed by atoms with Gasteiger partial charge in [0, 0.05) is 6.54 Å². The van der Waals surface area contributed by atoms with Crippen molar-refractivity contribution in [2.75, 3.05) is 6.54 Å². The maximum absolute atomic E-state index is 11.4. The van der Waals surface area contributed by atoms with Gasteiger partial charge in [0.05, 0.1) is 6.04 Å². The van der Waals surface area contributed by atoms with E-state index in [-0.39, 0.29) is 5.91 Å². The van der Waals surface area contributed by atoms with Crippen LogP contribution in [0.5, 0.6) is 0 Å². The van der Waals surface area contributed by atoms with E-state index in [2.05, 4.69) is 12.1 Å². The Balaban J connectivity index is 2.03. The van der Waals surface area contributed by atoms with Gasteiger partial charge in [-0.15, -0.1) is 0 Å². The standard InChI is InChI=1S/C12H13NO/c1-2-6-12(14)13-9-11(13)10-7-4-3-5-8-10/h2-8,11H,9H2,1H3/t11-,13?/m0/s1. The molecule has 2 nitrogen and oxygen atoms in total. The molecule has 72 valence electrons. The first-order chi connectivity index (χ1) is 6.83. The Hall–Kier alpha value is -1.57. The van der Waals surface area contributed by atoms with Crippen LogP contribution < -0.4 is 0 Å². The van der Waals surface area contributed by atoms with Crippen LogP contribution in [-0.4, -0.2) is 17.4 Å². The molecule has 2 heteroatoms. The van der Waals surface area contributed by atoms with Crippen LogP contribution in [0.4, 0.5) is 0 Å². The molecule has 1 saturated heterocycles. The second-order valence-electron chi connectivity index (χ2n) is 3.42. The molecule has 0 spiro atoms. The van der Waals surface area contributed by atoms with E-state index in [0.29, 0.717) is 6.04 Å². The molecule has 0 aromatic heterocycles. The smallest absolute Gasteiger partial charge is 0.246 e. The van der Waals surface area contributed by atoms with Gasteiger partial charge in [0.15, 0.2) is 0 Å². The highest BCUT2D eigenvalue weighted by Gasteiger charge is 2.37. The Labute approximate surface area is 83.8 Å². The molecule has 0 aliphatic carbocycles. The minimum absolute atomic E-state index is 0.112. The lowest BCUT2D eigenvalue weighted by atomic mass is 10.2. The second kappa shape index (κ2) is 3.66. The molecule has 0 radical (unpaired) electrons. The summed E-state index contributed by atoms with van der Waals surface area (Å²) in [5.74, 6) is 0.112. The summed E-state index contributed by atoms with van der Waals surface area (Å²) >= 11 is 0. The number of allylic oxidation sites excluding steroid dienone is 1. The number of carbonyl (C=O) groups excluding carboxylic acids is 1. The number of benzene rings is 1. The quantitative estimate of drug-likeness (QED) is 0.513. The molecule has 1 aromatic rings. The molecule has 1 aliphatic rings. The third-order valence-electron chi connectivity index (χ3n) is 2.39. The largest absolute Gasteiger partial charge is 0.328 e. The first kappa shape index (κ1) is 9.00. The average Bonchev–Trinajstić information content (AvgIpc) is 2.99. The van der Waals surface area contributed by atoms with E-state index in [0.717, 1.165) is 6.54 Å². The lowest BCUT2D eigenvalue weighted by Gasteiger charge is -1.99. The zero-order valence-electron chi connectivity index (χ0n) is 8.18. The fourth-order valence-electron chi connectivity index (χ4n) is 1.58. The minimum atomic E-state index is 0.112. The van der Waals surface area contributed by atoms with E-state index in [1.807, 2.05) is 30.0 Å². The number of nitrogens with zero attached hydrogens (tertiary/aromatic N) is 1. The van der Waals surface area contributed by atoms with Crippen molar-refractivity contribution < 1.29 is 4.79 Å². The van der Waals surface area contributed by atoms with Gasteiger partial charge in [-0.2, -0.15) is 0 Å². The molecule has 0 bridgehead atoms. The summed E-state index contributed by atoms with van der Waals surface area (Å²) in [5.41, 5.74) is 1.23. The van der Waals surface area contributed by atoms with Crippen molar-refractivity contribution >= 4 is 5.91 Å². The molecule has 1 aliphatic heterocycles. The molecule has 0 saturated carbocycles. The highest BCUT2D eigenvalue weighted by molar-refractivity contribution is 5.89. The molecular formula is C12H13NO. The fraction of sp³-hybridized carbons (Fsp3) is 0.250. The van der Waals surface area contributed by atoms with Crippen LogP contribution in [0.2, 0.25) is 0 Å². The highest BCUT2D eigenvalue weighted by Crippen LogP contribution is 2.34. The molecule has 2 rings (SSSR count). The van der Waals surface area contributed by atoms with Gasteiger partial charge in [-0.3, -0.25) is 4.79 Å². The van der Waals surface area contributed by atoms with Crippen molar-refractivity contribution in [3.8, 4) is 0 Å². The van der Waals surface area contributed by atoms with Gasteiger partial charge in [-0.25, -0.2) is 0 Å². The minimum Gasteiger partial charge on any atom is -0.328 e. The summed E-state index contributed by atoms with van der Waals surface area (Å²) in [7, 11) is 0. The normalized spacial score (nSPS) is 20.1. The Morgan fingerprint density at radius 1 is 1.43 bits per heavy atom. The third kappa shape index (κ3) is 1.69. The zero-order valence-corrected chi connectivity index (χ0v) is 8.18. The van der Waals surface area contributed by atoms with Gasteiger partial charge in [0.25, 0.3) is 0 Å². The summed E-state index contributed by atoms with van der Waals surface area (Å²) in [4.78, 5) is 13.3. The Bertz CT molecular complexity index is 356. The summed E-state index contributed by atoms with van der Waals surface area (Å²) in [6.45, 7) is 2.71. The first-order valence-corrected chi connectivity index (χ1v) is 4.81. The van der Waals surface area contributed by atoms with Crippen LogP contribution >= 0.6 is 0 Å². The van der Waals surface area contributed by atoms with Crippen LogP contribution in [0.25, 0.3) is 0 Å². The lowest BCUT2D eigenvalue weighted by molar-refractivity contribution is -0.121. The Morgan fingerprint density at radius 3 is 2.79 bits per heavy atom. The zero-order chi connectivity index (χ0) is 9.97. The van der Waals surface area contributed by atoms with Crippen molar-refractivity contribution in [1.29, 1.82) is 0 Å². The maximum atomic E-state index is 11.4. The van der Waals surface area contributed by atoms with E-state index in [9.17, 15) is 4.79 Å². The van der Waals surface area contributed by atoms with E-state index < -0.39 is 0 Å². The van der Waals surface area contributed by atoms with E-state index in [4.69, 9.17) is 0 Å². The van der Waals surface area contributed by atoms with Crippen LogP contribution in [0.15, 0.2) is 42.5 Å². The number of hydrogen-bond donors (Lipinski definition) is 0. The fourth-order valence-corrected chi connectivity index (χ4v) is 1.58. The van der Waals surface area contributed by atoms with Gasteiger partial charge in [0.1, 0.15) is 0 Å². The van der Waals surface area contributed by atoms with Gasteiger partial charge in [0.2, 0.25) is 5.91 Å². The SMILES string of the molecule is CC=CC(=O)N1C[C@H]1c1ccccc1. The molecule has 0 N–H and O–H groups in total. The van der Waals surface area contributed by atoms with Gasteiger partial charge >= 0.3 is 0 Å². The van der Waals surface area contributed by atoms with Crippen molar-refractivity contribution in [2.45, 2.75) is 13.0 Å². The van der Waals surface area contributed by atoms with Crippen molar-refractivity contribution in [1.82, 2.24) is 4.90 Å². The predicted octanol–water partition coefficient (Wildman–Crippen LogP) is 2.15. The lowest BCUT2D eigenvalue weighted by Crippen LogP contribution is -2.07. The third-order valence-corrected chi connectivity index (χ3v) is 2.39. The Kier molecular flexibility index (Phi) is 2.35. The Morgan fingerprint density at radius 2 is 2.14 bits per heavy atom.